The van der Waals surface area contributed by atoms with Crippen molar-refractivity contribution in [1.82, 2.24) is 30.0 Å². The van der Waals surface area contributed by atoms with Gasteiger partial charge >= 0.3 is 0 Å². The van der Waals surface area contributed by atoms with E-state index in [-0.39, 0.29) is 11.4 Å². The van der Waals surface area contributed by atoms with Crippen LogP contribution in [0.15, 0.2) is 36.0 Å². The summed E-state index contributed by atoms with van der Waals surface area (Å²) in [5.41, 5.74) is 2.25. The Morgan fingerprint density at radius 3 is 2.81 bits per heavy atom. The molecule has 1 amide bonds. The number of nitrogens with one attached hydrogen (secondary N) is 1. The van der Waals surface area contributed by atoms with E-state index >= 15 is 0 Å². The van der Waals surface area contributed by atoms with E-state index in [1.54, 1.807) is 28.4 Å². The zero-order chi connectivity index (χ0) is 22.1. The first-order valence-corrected chi connectivity index (χ1v) is 12.0. The number of amides is 1. The van der Waals surface area contributed by atoms with E-state index in [9.17, 15) is 4.79 Å². The maximum atomic E-state index is 13.2. The van der Waals surface area contributed by atoms with Gasteiger partial charge in [-0.1, -0.05) is 6.07 Å². The number of nitrogens with zero attached hydrogens (tertiary/aromatic N) is 5. The number of rotatable bonds is 7. The van der Waals surface area contributed by atoms with Crippen molar-refractivity contribution in [2.75, 3.05) is 32.8 Å². The summed E-state index contributed by atoms with van der Waals surface area (Å²) in [6.07, 6.45) is 5.51. The van der Waals surface area contributed by atoms with Crippen LogP contribution in [0.4, 0.5) is 0 Å². The van der Waals surface area contributed by atoms with E-state index in [1.807, 2.05) is 23.6 Å². The minimum absolute atomic E-state index is 0.0890. The Labute approximate surface area is 191 Å². The summed E-state index contributed by atoms with van der Waals surface area (Å²) >= 11 is 1.64. The summed E-state index contributed by atoms with van der Waals surface area (Å²) in [5, 5.41) is 9.71. The maximum Gasteiger partial charge on any atom is 0.254 e. The maximum absolute atomic E-state index is 13.2. The molecule has 9 heteroatoms. The standard InChI is InChI=1S/C23H28N6O2S/c1-23(2,28-9-11-31-12-10-28)15-25-21(30)17-14-26-29(20(17)16-5-6-16)22-24-8-7-18(27-22)19-4-3-13-32-19/h3-4,7-8,13-14,16H,5-6,9-12,15H2,1-2H3,(H,25,30). The van der Waals surface area contributed by atoms with Crippen LogP contribution in [-0.4, -0.2) is 68.9 Å². The predicted octanol–water partition coefficient (Wildman–Crippen LogP) is 3.11. The number of carbonyl (C=O) groups is 1. The molecule has 0 spiro atoms. The summed E-state index contributed by atoms with van der Waals surface area (Å²) in [4.78, 5) is 25.8. The van der Waals surface area contributed by atoms with E-state index in [4.69, 9.17) is 9.72 Å². The van der Waals surface area contributed by atoms with Crippen molar-refractivity contribution in [3.05, 3.63) is 47.2 Å². The molecule has 5 rings (SSSR count). The van der Waals surface area contributed by atoms with E-state index in [0.717, 1.165) is 55.4 Å². The van der Waals surface area contributed by atoms with Crippen LogP contribution < -0.4 is 5.32 Å². The fourth-order valence-electron chi connectivity index (χ4n) is 4.13. The normalized spacial score (nSPS) is 17.4. The van der Waals surface area contributed by atoms with Crippen LogP contribution in [0.3, 0.4) is 0 Å². The molecule has 0 aromatic carbocycles. The minimum Gasteiger partial charge on any atom is -0.379 e. The predicted molar refractivity (Wildman–Crippen MR) is 123 cm³/mol. The number of hydrogen-bond acceptors (Lipinski definition) is 7. The second-order valence-electron chi connectivity index (χ2n) is 8.94. The third kappa shape index (κ3) is 4.32. The van der Waals surface area contributed by atoms with Gasteiger partial charge in [-0.3, -0.25) is 9.69 Å². The lowest BCUT2D eigenvalue weighted by molar-refractivity contribution is -0.00923. The van der Waals surface area contributed by atoms with Crippen LogP contribution in [0.2, 0.25) is 0 Å². The summed E-state index contributed by atoms with van der Waals surface area (Å²) in [6.45, 7) is 8.12. The quantitative estimate of drug-likeness (QED) is 0.593. The molecule has 1 aliphatic carbocycles. The van der Waals surface area contributed by atoms with Crippen molar-refractivity contribution in [2.45, 2.75) is 38.1 Å². The highest BCUT2D eigenvalue weighted by Crippen LogP contribution is 2.42. The molecule has 3 aromatic rings. The van der Waals surface area contributed by atoms with Gasteiger partial charge in [0.25, 0.3) is 11.9 Å². The van der Waals surface area contributed by atoms with Gasteiger partial charge in [-0.15, -0.1) is 11.3 Å². The molecule has 4 heterocycles. The third-order valence-electron chi connectivity index (χ3n) is 6.17. The molecule has 32 heavy (non-hydrogen) atoms. The Balaban J connectivity index is 1.37. The third-order valence-corrected chi connectivity index (χ3v) is 7.06. The first-order chi connectivity index (χ1) is 15.5. The molecule has 8 nitrogen and oxygen atoms in total. The van der Waals surface area contributed by atoms with Gasteiger partial charge in [0.1, 0.15) is 0 Å². The first kappa shape index (κ1) is 21.2. The molecule has 2 fully saturated rings. The minimum atomic E-state index is -0.146. The Hall–Kier alpha value is -2.62. The van der Waals surface area contributed by atoms with Crippen molar-refractivity contribution < 1.29 is 9.53 Å². The summed E-state index contributed by atoms with van der Waals surface area (Å²) < 4.78 is 7.21. The smallest absolute Gasteiger partial charge is 0.254 e. The lowest BCUT2D eigenvalue weighted by atomic mass is 10.0. The van der Waals surface area contributed by atoms with Gasteiger partial charge in [-0.2, -0.15) is 5.10 Å². The Kier molecular flexibility index (Phi) is 5.79. The zero-order valence-electron chi connectivity index (χ0n) is 18.5. The van der Waals surface area contributed by atoms with Crippen LogP contribution >= 0.6 is 11.3 Å². The molecule has 0 atom stereocenters. The van der Waals surface area contributed by atoms with E-state index in [0.29, 0.717) is 24.0 Å². The Bertz CT molecular complexity index is 1080. The number of hydrogen-bond donors (Lipinski definition) is 1. The number of thiophene rings is 1. The van der Waals surface area contributed by atoms with Gasteiger partial charge in [0.15, 0.2) is 0 Å². The molecular weight excluding hydrogens is 424 g/mol. The largest absolute Gasteiger partial charge is 0.379 e. The Morgan fingerprint density at radius 2 is 2.09 bits per heavy atom. The van der Waals surface area contributed by atoms with Crippen molar-refractivity contribution in [1.29, 1.82) is 0 Å². The average Bonchev–Trinajstić information content (AvgIpc) is 3.32. The highest BCUT2D eigenvalue weighted by atomic mass is 32.1. The molecular formula is C23H28N6O2S. The fourth-order valence-corrected chi connectivity index (χ4v) is 4.82. The van der Waals surface area contributed by atoms with Crippen LogP contribution in [-0.2, 0) is 4.74 Å². The highest BCUT2D eigenvalue weighted by molar-refractivity contribution is 7.13. The topological polar surface area (TPSA) is 85.2 Å². The number of morpholine rings is 1. The molecule has 168 valence electrons. The summed E-state index contributed by atoms with van der Waals surface area (Å²) in [6, 6.07) is 5.94. The number of carbonyl (C=O) groups excluding carboxylic acids is 1. The van der Waals surface area contributed by atoms with Crippen molar-refractivity contribution in [2.24, 2.45) is 0 Å². The van der Waals surface area contributed by atoms with Gasteiger partial charge in [-0.05, 0) is 44.2 Å². The van der Waals surface area contributed by atoms with Crippen LogP contribution in [0.1, 0.15) is 48.7 Å². The molecule has 0 radical (unpaired) electrons. The van der Waals surface area contributed by atoms with Crippen molar-refractivity contribution >= 4 is 17.2 Å². The fraction of sp³-hybridized carbons (Fsp3) is 0.478. The van der Waals surface area contributed by atoms with E-state index in [1.165, 1.54) is 0 Å². The van der Waals surface area contributed by atoms with E-state index in [2.05, 4.69) is 34.1 Å². The van der Waals surface area contributed by atoms with Gasteiger partial charge < -0.3 is 10.1 Å². The molecule has 0 unspecified atom stereocenters. The lowest BCUT2D eigenvalue weighted by Crippen LogP contribution is -2.55. The SMILES string of the molecule is CC(C)(CNC(=O)c1cnn(-c2nccc(-c3cccs3)n2)c1C1CC1)N1CCOCC1. The van der Waals surface area contributed by atoms with Crippen molar-refractivity contribution in [3.63, 3.8) is 0 Å². The zero-order valence-corrected chi connectivity index (χ0v) is 19.3. The van der Waals surface area contributed by atoms with Crippen LogP contribution in [0.5, 0.6) is 0 Å². The number of aromatic nitrogens is 4. The summed E-state index contributed by atoms with van der Waals surface area (Å²) in [7, 11) is 0. The van der Waals surface area contributed by atoms with Gasteiger partial charge in [-0.25, -0.2) is 14.6 Å². The average molecular weight is 453 g/mol. The number of ether oxygens (including phenoxy) is 1. The highest BCUT2D eigenvalue weighted by Gasteiger charge is 2.35. The molecule has 1 N–H and O–H groups in total. The monoisotopic (exact) mass is 452 g/mol. The second-order valence-corrected chi connectivity index (χ2v) is 9.89. The first-order valence-electron chi connectivity index (χ1n) is 11.1. The van der Waals surface area contributed by atoms with Gasteiger partial charge in [0, 0.05) is 37.3 Å². The summed E-state index contributed by atoms with van der Waals surface area (Å²) in [5.74, 6) is 0.735. The van der Waals surface area contributed by atoms with E-state index < -0.39 is 0 Å². The Morgan fingerprint density at radius 1 is 1.28 bits per heavy atom. The van der Waals surface area contributed by atoms with Gasteiger partial charge in [0.2, 0.25) is 0 Å². The molecule has 1 aliphatic heterocycles. The lowest BCUT2D eigenvalue weighted by Gasteiger charge is -2.40. The second kappa shape index (κ2) is 8.73. The molecule has 3 aromatic heterocycles. The van der Waals surface area contributed by atoms with Gasteiger partial charge in [0.05, 0.1) is 41.2 Å². The van der Waals surface area contributed by atoms with Crippen LogP contribution in [0, 0.1) is 0 Å². The molecule has 0 bridgehead atoms. The molecule has 2 aliphatic rings. The van der Waals surface area contributed by atoms with Crippen molar-refractivity contribution in [3.8, 4) is 16.5 Å². The van der Waals surface area contributed by atoms with Crippen LogP contribution in [0.25, 0.3) is 16.5 Å². The molecule has 1 saturated carbocycles. The molecule has 1 saturated heterocycles.